The summed E-state index contributed by atoms with van der Waals surface area (Å²) in [6, 6.07) is 7.12. The van der Waals surface area contributed by atoms with Crippen LogP contribution in [0, 0.1) is 5.92 Å². The Morgan fingerprint density at radius 1 is 1.25 bits per heavy atom. The third-order valence-corrected chi connectivity index (χ3v) is 2.96. The van der Waals surface area contributed by atoms with Gasteiger partial charge in [-0.25, -0.2) is 0 Å². The van der Waals surface area contributed by atoms with E-state index in [0.717, 1.165) is 11.3 Å². The second-order valence-corrected chi connectivity index (χ2v) is 4.96. The summed E-state index contributed by atoms with van der Waals surface area (Å²) in [7, 11) is 1.38. The Balaban J connectivity index is 2.77. The Hall–Kier alpha value is -1.88. The van der Waals surface area contributed by atoms with Crippen molar-refractivity contribution in [2.24, 2.45) is 5.92 Å². The summed E-state index contributed by atoms with van der Waals surface area (Å²) in [5, 5.41) is 5.95. The minimum atomic E-state index is -0.370. The monoisotopic (exact) mass is 278 g/mol. The lowest BCUT2D eigenvalue weighted by Crippen LogP contribution is -2.41. The van der Waals surface area contributed by atoms with Crippen molar-refractivity contribution >= 4 is 17.6 Å². The molecule has 0 aromatic heterocycles. The van der Waals surface area contributed by atoms with Crippen molar-refractivity contribution in [3.05, 3.63) is 29.8 Å². The molecule has 20 heavy (non-hydrogen) atoms. The standard InChI is InChI=1S/C15H22N2O3/c1-10(2)14(15(19)20-4)16-9-12-7-5-6-8-13(12)17-11(3)18/h5-8,10,14,16H,9H2,1-4H3,(H,17,18)/t14-/m0/s1. The van der Waals surface area contributed by atoms with Crippen LogP contribution in [0.5, 0.6) is 0 Å². The van der Waals surface area contributed by atoms with Crippen LogP contribution in [0.2, 0.25) is 0 Å². The topological polar surface area (TPSA) is 67.4 Å². The molecule has 1 atom stereocenters. The van der Waals surface area contributed by atoms with Gasteiger partial charge in [-0.2, -0.15) is 0 Å². The summed E-state index contributed by atoms with van der Waals surface area (Å²) in [5.74, 6) is -0.279. The number of amides is 1. The molecule has 0 spiro atoms. The zero-order valence-electron chi connectivity index (χ0n) is 12.4. The fourth-order valence-electron chi connectivity index (χ4n) is 1.92. The van der Waals surface area contributed by atoms with Crippen molar-refractivity contribution in [3.63, 3.8) is 0 Å². The molecule has 0 heterocycles. The van der Waals surface area contributed by atoms with E-state index in [0.29, 0.717) is 6.54 Å². The Labute approximate surface area is 119 Å². The van der Waals surface area contributed by atoms with E-state index >= 15 is 0 Å². The second-order valence-electron chi connectivity index (χ2n) is 4.96. The molecule has 0 unspecified atom stereocenters. The summed E-state index contributed by atoms with van der Waals surface area (Å²) in [6.45, 7) is 5.85. The zero-order chi connectivity index (χ0) is 15.1. The molecule has 0 bridgehead atoms. The predicted octanol–water partition coefficient (Wildman–Crippen LogP) is 1.93. The Morgan fingerprint density at radius 2 is 1.90 bits per heavy atom. The molecular weight excluding hydrogens is 256 g/mol. The molecule has 0 saturated heterocycles. The summed E-state index contributed by atoms with van der Waals surface area (Å²) < 4.78 is 4.79. The molecule has 0 radical (unpaired) electrons. The van der Waals surface area contributed by atoms with E-state index < -0.39 is 0 Å². The zero-order valence-corrected chi connectivity index (χ0v) is 12.4. The average molecular weight is 278 g/mol. The minimum absolute atomic E-state index is 0.120. The maximum absolute atomic E-state index is 11.7. The SMILES string of the molecule is COC(=O)[C@@H](NCc1ccccc1NC(C)=O)C(C)C. The van der Waals surface area contributed by atoms with Crippen LogP contribution in [0.3, 0.4) is 0 Å². The van der Waals surface area contributed by atoms with Gasteiger partial charge in [-0.1, -0.05) is 32.0 Å². The minimum Gasteiger partial charge on any atom is -0.468 e. The van der Waals surface area contributed by atoms with Gasteiger partial charge in [0.05, 0.1) is 7.11 Å². The first-order chi connectivity index (χ1) is 9.45. The van der Waals surface area contributed by atoms with Gasteiger partial charge >= 0.3 is 5.97 Å². The van der Waals surface area contributed by atoms with Crippen LogP contribution >= 0.6 is 0 Å². The number of hydrogen-bond donors (Lipinski definition) is 2. The highest BCUT2D eigenvalue weighted by Gasteiger charge is 2.22. The molecule has 0 aliphatic rings. The smallest absolute Gasteiger partial charge is 0.323 e. The molecule has 0 saturated carbocycles. The number of ether oxygens (including phenoxy) is 1. The largest absolute Gasteiger partial charge is 0.468 e. The molecule has 110 valence electrons. The van der Waals surface area contributed by atoms with Gasteiger partial charge in [0.25, 0.3) is 0 Å². The maximum atomic E-state index is 11.7. The first-order valence-corrected chi connectivity index (χ1v) is 6.62. The van der Waals surface area contributed by atoms with Gasteiger partial charge < -0.3 is 10.1 Å². The maximum Gasteiger partial charge on any atom is 0.323 e. The molecule has 1 amide bonds. The van der Waals surface area contributed by atoms with Crippen LogP contribution in [-0.2, 0) is 20.9 Å². The summed E-state index contributed by atoms with van der Waals surface area (Å²) in [5.41, 5.74) is 1.68. The van der Waals surface area contributed by atoms with E-state index in [2.05, 4.69) is 10.6 Å². The molecule has 5 nitrogen and oxygen atoms in total. The highest BCUT2D eigenvalue weighted by atomic mass is 16.5. The van der Waals surface area contributed by atoms with Crippen LogP contribution in [0.15, 0.2) is 24.3 Å². The Kier molecular flexibility index (Phi) is 6.18. The van der Waals surface area contributed by atoms with Gasteiger partial charge in [0.15, 0.2) is 0 Å². The second kappa shape index (κ2) is 7.65. The predicted molar refractivity (Wildman–Crippen MR) is 78.2 cm³/mol. The molecular formula is C15H22N2O3. The number of carbonyl (C=O) groups excluding carboxylic acids is 2. The normalized spacial score (nSPS) is 12.1. The molecule has 1 rings (SSSR count). The molecule has 5 heteroatoms. The number of carbonyl (C=O) groups is 2. The number of methoxy groups -OCH3 is 1. The van der Waals surface area contributed by atoms with Gasteiger partial charge in [-0.15, -0.1) is 0 Å². The lowest BCUT2D eigenvalue weighted by molar-refractivity contribution is -0.144. The number of nitrogens with one attached hydrogen (secondary N) is 2. The van der Waals surface area contributed by atoms with Gasteiger partial charge in [0.1, 0.15) is 6.04 Å². The van der Waals surface area contributed by atoms with Crippen LogP contribution in [0.1, 0.15) is 26.3 Å². The van der Waals surface area contributed by atoms with Crippen LogP contribution in [0.25, 0.3) is 0 Å². The fraction of sp³-hybridized carbons (Fsp3) is 0.467. The summed E-state index contributed by atoms with van der Waals surface area (Å²) in [4.78, 5) is 22.8. The van der Waals surface area contributed by atoms with Crippen molar-refractivity contribution in [1.29, 1.82) is 0 Å². The van der Waals surface area contributed by atoms with Crippen molar-refractivity contribution in [1.82, 2.24) is 5.32 Å². The lowest BCUT2D eigenvalue weighted by Gasteiger charge is -2.20. The highest BCUT2D eigenvalue weighted by molar-refractivity contribution is 5.89. The first-order valence-electron chi connectivity index (χ1n) is 6.62. The molecule has 0 aliphatic heterocycles. The summed E-state index contributed by atoms with van der Waals surface area (Å²) in [6.07, 6.45) is 0. The highest BCUT2D eigenvalue weighted by Crippen LogP contribution is 2.15. The number of para-hydroxylation sites is 1. The first kappa shape index (κ1) is 16.2. The van der Waals surface area contributed by atoms with Crippen molar-refractivity contribution in [3.8, 4) is 0 Å². The molecule has 0 fully saturated rings. The van der Waals surface area contributed by atoms with Gasteiger partial charge in [-0.05, 0) is 17.5 Å². The Bertz CT molecular complexity index is 472. The number of anilines is 1. The molecule has 1 aromatic carbocycles. The molecule has 0 aliphatic carbocycles. The van der Waals surface area contributed by atoms with E-state index in [1.54, 1.807) is 0 Å². The lowest BCUT2D eigenvalue weighted by atomic mass is 10.0. The van der Waals surface area contributed by atoms with Crippen molar-refractivity contribution in [2.75, 3.05) is 12.4 Å². The van der Waals surface area contributed by atoms with Crippen molar-refractivity contribution < 1.29 is 14.3 Å². The number of rotatable bonds is 6. The van der Waals surface area contributed by atoms with Crippen molar-refractivity contribution in [2.45, 2.75) is 33.4 Å². The van der Waals surface area contributed by atoms with Gasteiger partial charge in [0, 0.05) is 19.2 Å². The molecule has 1 aromatic rings. The van der Waals surface area contributed by atoms with Crippen LogP contribution in [0.4, 0.5) is 5.69 Å². The fourth-order valence-corrected chi connectivity index (χ4v) is 1.92. The molecule has 2 N–H and O–H groups in total. The van der Waals surface area contributed by atoms with E-state index in [1.165, 1.54) is 14.0 Å². The third kappa shape index (κ3) is 4.66. The number of hydrogen-bond acceptors (Lipinski definition) is 4. The van der Waals surface area contributed by atoms with Crippen LogP contribution < -0.4 is 10.6 Å². The van der Waals surface area contributed by atoms with E-state index in [9.17, 15) is 9.59 Å². The number of benzene rings is 1. The quantitative estimate of drug-likeness (QED) is 0.780. The number of esters is 1. The summed E-state index contributed by atoms with van der Waals surface area (Å²) >= 11 is 0. The average Bonchev–Trinajstić information content (AvgIpc) is 2.39. The van der Waals surface area contributed by atoms with Gasteiger partial charge in [0.2, 0.25) is 5.91 Å². The van der Waals surface area contributed by atoms with E-state index in [-0.39, 0.29) is 23.8 Å². The van der Waals surface area contributed by atoms with Gasteiger partial charge in [-0.3, -0.25) is 14.9 Å². The van der Waals surface area contributed by atoms with E-state index in [4.69, 9.17) is 4.74 Å². The van der Waals surface area contributed by atoms with E-state index in [1.807, 2.05) is 38.1 Å². The van der Waals surface area contributed by atoms with Crippen LogP contribution in [-0.4, -0.2) is 25.0 Å². The third-order valence-electron chi connectivity index (χ3n) is 2.96. The Morgan fingerprint density at radius 3 is 2.45 bits per heavy atom.